The lowest BCUT2D eigenvalue weighted by molar-refractivity contribution is 0.167. The number of aliphatic hydroxyl groups excluding tert-OH is 1. The largest absolute Gasteiger partial charge is 0.392 e. The Bertz CT molecular complexity index is 507. The number of hydrogen-bond acceptors (Lipinski definition) is 3. The molecule has 2 N–H and O–H groups in total. The molecule has 1 rings (SSSR count). The maximum atomic E-state index is 13.0. The van der Waals surface area contributed by atoms with E-state index in [1.165, 1.54) is 6.07 Å². The van der Waals surface area contributed by atoms with Crippen LogP contribution in [0.2, 0.25) is 5.02 Å². The fourth-order valence-corrected chi connectivity index (χ4v) is 2.98. The molecule has 0 spiro atoms. The standard InChI is InChI=1S/C11H15ClFNO3S/c1-2-3-9(15)7-14-18(16,17)11-6-8(13)4-5-10(11)12/h4-6,9,14-15H,2-3,7H2,1H3. The summed E-state index contributed by atoms with van der Waals surface area (Å²) < 4.78 is 38.9. The summed E-state index contributed by atoms with van der Waals surface area (Å²) in [6, 6.07) is 3.10. The molecule has 1 aromatic carbocycles. The van der Waals surface area contributed by atoms with Crippen LogP contribution in [0.5, 0.6) is 0 Å². The minimum Gasteiger partial charge on any atom is -0.392 e. The van der Waals surface area contributed by atoms with Crippen LogP contribution in [0, 0.1) is 5.82 Å². The Morgan fingerprint density at radius 2 is 2.17 bits per heavy atom. The molecule has 1 atom stereocenters. The van der Waals surface area contributed by atoms with Crippen LogP contribution >= 0.6 is 11.6 Å². The summed E-state index contributed by atoms with van der Waals surface area (Å²) >= 11 is 5.71. The summed E-state index contributed by atoms with van der Waals surface area (Å²) in [5.41, 5.74) is 0. The van der Waals surface area contributed by atoms with E-state index in [9.17, 15) is 17.9 Å². The average molecular weight is 296 g/mol. The highest BCUT2D eigenvalue weighted by Gasteiger charge is 2.19. The molecule has 0 amide bonds. The Morgan fingerprint density at radius 1 is 1.50 bits per heavy atom. The first kappa shape index (κ1) is 15.4. The van der Waals surface area contributed by atoms with E-state index in [0.29, 0.717) is 6.42 Å². The van der Waals surface area contributed by atoms with Crippen LogP contribution in [0.25, 0.3) is 0 Å². The van der Waals surface area contributed by atoms with Gasteiger partial charge in [0.1, 0.15) is 10.7 Å². The molecular formula is C11H15ClFNO3S. The van der Waals surface area contributed by atoms with Crippen molar-refractivity contribution < 1.29 is 17.9 Å². The Balaban J connectivity index is 2.83. The third-order valence-electron chi connectivity index (χ3n) is 2.31. The van der Waals surface area contributed by atoms with Crippen LogP contribution in [-0.4, -0.2) is 26.2 Å². The van der Waals surface area contributed by atoms with Crippen molar-refractivity contribution in [2.75, 3.05) is 6.54 Å². The molecule has 1 aromatic rings. The van der Waals surface area contributed by atoms with E-state index in [2.05, 4.69) is 4.72 Å². The van der Waals surface area contributed by atoms with E-state index < -0.39 is 21.9 Å². The van der Waals surface area contributed by atoms with Crippen molar-refractivity contribution in [3.63, 3.8) is 0 Å². The predicted molar refractivity (Wildman–Crippen MR) is 67.5 cm³/mol. The molecule has 18 heavy (non-hydrogen) atoms. The molecule has 4 nitrogen and oxygen atoms in total. The molecule has 1 unspecified atom stereocenters. The smallest absolute Gasteiger partial charge is 0.242 e. The van der Waals surface area contributed by atoms with Crippen LogP contribution in [-0.2, 0) is 10.0 Å². The van der Waals surface area contributed by atoms with Crippen LogP contribution in [0.1, 0.15) is 19.8 Å². The van der Waals surface area contributed by atoms with Crippen molar-refractivity contribution in [2.45, 2.75) is 30.8 Å². The molecule has 102 valence electrons. The first-order chi connectivity index (χ1) is 8.36. The minimum absolute atomic E-state index is 0.0612. The molecule has 0 aliphatic rings. The minimum atomic E-state index is -3.91. The summed E-state index contributed by atoms with van der Waals surface area (Å²) in [6.07, 6.45) is 0.459. The fourth-order valence-electron chi connectivity index (χ4n) is 1.40. The summed E-state index contributed by atoms with van der Waals surface area (Å²) in [5.74, 6) is -0.686. The molecule has 0 bridgehead atoms. The number of halogens is 2. The first-order valence-electron chi connectivity index (χ1n) is 5.49. The SMILES string of the molecule is CCCC(O)CNS(=O)(=O)c1cc(F)ccc1Cl. The second-order valence-electron chi connectivity index (χ2n) is 3.87. The Kier molecular flexibility index (Phi) is 5.52. The average Bonchev–Trinajstić information content (AvgIpc) is 2.30. The number of hydrogen-bond donors (Lipinski definition) is 2. The van der Waals surface area contributed by atoms with Crippen LogP contribution in [0.3, 0.4) is 0 Å². The van der Waals surface area contributed by atoms with Gasteiger partial charge in [-0.25, -0.2) is 17.5 Å². The van der Waals surface area contributed by atoms with Gasteiger partial charge in [0.15, 0.2) is 0 Å². The van der Waals surface area contributed by atoms with Gasteiger partial charge in [-0.3, -0.25) is 0 Å². The normalized spacial score (nSPS) is 13.6. The summed E-state index contributed by atoms with van der Waals surface area (Å²) in [6.45, 7) is 1.75. The highest BCUT2D eigenvalue weighted by Crippen LogP contribution is 2.21. The van der Waals surface area contributed by atoms with Gasteiger partial charge in [-0.1, -0.05) is 24.9 Å². The second kappa shape index (κ2) is 6.47. The molecule has 7 heteroatoms. The number of rotatable bonds is 6. The lowest BCUT2D eigenvalue weighted by atomic mass is 10.2. The van der Waals surface area contributed by atoms with E-state index in [1.54, 1.807) is 0 Å². The zero-order valence-corrected chi connectivity index (χ0v) is 11.4. The van der Waals surface area contributed by atoms with Crippen molar-refractivity contribution in [3.8, 4) is 0 Å². The molecule has 0 fully saturated rings. The summed E-state index contributed by atoms with van der Waals surface area (Å²) in [7, 11) is -3.91. The van der Waals surface area contributed by atoms with Crippen LogP contribution in [0.15, 0.2) is 23.1 Å². The van der Waals surface area contributed by atoms with Gasteiger partial charge in [-0.2, -0.15) is 0 Å². The van der Waals surface area contributed by atoms with Gasteiger partial charge in [-0.15, -0.1) is 0 Å². The maximum Gasteiger partial charge on any atom is 0.242 e. The monoisotopic (exact) mass is 295 g/mol. The molecule has 0 aromatic heterocycles. The third-order valence-corrected chi connectivity index (χ3v) is 4.22. The number of benzene rings is 1. The molecular weight excluding hydrogens is 281 g/mol. The van der Waals surface area contributed by atoms with E-state index in [-0.39, 0.29) is 16.5 Å². The predicted octanol–water partition coefficient (Wildman–Crippen LogP) is 1.92. The summed E-state index contributed by atoms with van der Waals surface area (Å²) in [4.78, 5) is -0.326. The Labute approximate surface area is 111 Å². The number of sulfonamides is 1. The maximum absolute atomic E-state index is 13.0. The van der Waals surface area contributed by atoms with Crippen LogP contribution in [0.4, 0.5) is 4.39 Å². The highest BCUT2D eigenvalue weighted by molar-refractivity contribution is 7.89. The molecule has 0 aliphatic carbocycles. The van der Waals surface area contributed by atoms with Gasteiger partial charge >= 0.3 is 0 Å². The van der Waals surface area contributed by atoms with Gasteiger partial charge in [0.05, 0.1) is 11.1 Å². The van der Waals surface area contributed by atoms with E-state index >= 15 is 0 Å². The Hall–Kier alpha value is -0.690. The summed E-state index contributed by atoms with van der Waals surface area (Å²) in [5, 5.41) is 9.39. The van der Waals surface area contributed by atoms with Crippen LogP contribution < -0.4 is 4.72 Å². The van der Waals surface area contributed by atoms with Gasteiger partial charge in [-0.05, 0) is 24.6 Å². The zero-order chi connectivity index (χ0) is 13.8. The fraction of sp³-hybridized carbons (Fsp3) is 0.455. The third kappa shape index (κ3) is 4.20. The van der Waals surface area contributed by atoms with Crippen molar-refractivity contribution in [1.82, 2.24) is 4.72 Å². The molecule has 0 saturated carbocycles. The molecule has 0 heterocycles. The number of aliphatic hydroxyl groups is 1. The zero-order valence-electron chi connectivity index (χ0n) is 9.86. The lowest BCUT2D eigenvalue weighted by Crippen LogP contribution is -2.32. The van der Waals surface area contributed by atoms with Crippen molar-refractivity contribution in [1.29, 1.82) is 0 Å². The van der Waals surface area contributed by atoms with E-state index in [1.807, 2.05) is 6.92 Å². The lowest BCUT2D eigenvalue weighted by Gasteiger charge is -2.12. The molecule has 0 aliphatic heterocycles. The van der Waals surface area contributed by atoms with E-state index in [0.717, 1.165) is 18.6 Å². The molecule has 0 saturated heterocycles. The van der Waals surface area contributed by atoms with Crippen molar-refractivity contribution >= 4 is 21.6 Å². The topological polar surface area (TPSA) is 66.4 Å². The quantitative estimate of drug-likeness (QED) is 0.842. The highest BCUT2D eigenvalue weighted by atomic mass is 35.5. The Morgan fingerprint density at radius 3 is 2.78 bits per heavy atom. The number of nitrogens with one attached hydrogen (secondary N) is 1. The van der Waals surface area contributed by atoms with Gasteiger partial charge in [0, 0.05) is 6.54 Å². The van der Waals surface area contributed by atoms with Gasteiger partial charge in [0.25, 0.3) is 0 Å². The van der Waals surface area contributed by atoms with Crippen molar-refractivity contribution in [3.05, 3.63) is 29.0 Å². The van der Waals surface area contributed by atoms with Gasteiger partial charge < -0.3 is 5.11 Å². The van der Waals surface area contributed by atoms with Gasteiger partial charge in [0.2, 0.25) is 10.0 Å². The van der Waals surface area contributed by atoms with Crippen molar-refractivity contribution in [2.24, 2.45) is 0 Å². The second-order valence-corrected chi connectivity index (χ2v) is 6.01. The molecule has 0 radical (unpaired) electrons. The first-order valence-corrected chi connectivity index (χ1v) is 7.35. The van der Waals surface area contributed by atoms with E-state index in [4.69, 9.17) is 11.6 Å².